The lowest BCUT2D eigenvalue weighted by atomic mass is 9.66. The maximum atomic E-state index is 13.1. The van der Waals surface area contributed by atoms with Crippen molar-refractivity contribution in [1.29, 1.82) is 0 Å². The third-order valence-electron chi connectivity index (χ3n) is 7.38. The number of fused-ring (bicyclic) bond motifs is 1. The summed E-state index contributed by atoms with van der Waals surface area (Å²) in [6.07, 6.45) is 10.6. The van der Waals surface area contributed by atoms with Crippen LogP contribution in [-0.4, -0.2) is 24.3 Å². The molecule has 0 radical (unpaired) electrons. The van der Waals surface area contributed by atoms with Gasteiger partial charge in [-0.2, -0.15) is 0 Å². The Morgan fingerprint density at radius 2 is 1.81 bits per heavy atom. The Balaban J connectivity index is 1.29. The number of nitrogens with one attached hydrogen (secondary N) is 1. The van der Waals surface area contributed by atoms with Gasteiger partial charge in [-0.1, -0.05) is 59.2 Å². The lowest BCUT2D eigenvalue weighted by Gasteiger charge is -2.42. The van der Waals surface area contributed by atoms with Gasteiger partial charge in [0, 0.05) is 28.4 Å². The second-order valence-electron chi connectivity index (χ2n) is 10.7. The van der Waals surface area contributed by atoms with E-state index in [1.165, 1.54) is 22.9 Å². The van der Waals surface area contributed by atoms with Gasteiger partial charge in [0.2, 0.25) is 0 Å². The second kappa shape index (κ2) is 10.4. The van der Waals surface area contributed by atoms with E-state index in [-0.39, 0.29) is 21.4 Å². The Labute approximate surface area is 230 Å². The van der Waals surface area contributed by atoms with E-state index in [1.807, 2.05) is 39.2 Å². The molecule has 0 amide bonds. The predicted molar refractivity (Wildman–Crippen MR) is 148 cm³/mol. The average molecular weight is 562 g/mol. The van der Waals surface area contributed by atoms with Crippen molar-refractivity contribution in [3.05, 3.63) is 75.9 Å². The predicted octanol–water partition coefficient (Wildman–Crippen LogP) is 7.32. The summed E-state index contributed by atoms with van der Waals surface area (Å²) in [5.74, 6) is 0.374. The van der Waals surface area contributed by atoms with E-state index in [4.69, 9.17) is 28.2 Å². The van der Waals surface area contributed by atoms with E-state index >= 15 is 0 Å². The van der Waals surface area contributed by atoms with E-state index in [9.17, 15) is 4.55 Å². The summed E-state index contributed by atoms with van der Waals surface area (Å²) in [6, 6.07) is 10.6. The molecule has 1 fully saturated rings. The summed E-state index contributed by atoms with van der Waals surface area (Å²) >= 11 is 12.6. The summed E-state index contributed by atoms with van der Waals surface area (Å²) in [7, 11) is 0. The quantitative estimate of drug-likeness (QED) is 0.260. The molecule has 190 valence electrons. The first kappa shape index (κ1) is 26.3. The van der Waals surface area contributed by atoms with Crippen LogP contribution in [0.3, 0.4) is 0 Å². The smallest absolute Gasteiger partial charge is 0.148 e. The summed E-state index contributed by atoms with van der Waals surface area (Å²) in [6.45, 7) is 6.08. The molecule has 3 aromatic rings. The number of nitrogens with zero attached hydrogens (tertiary/aromatic N) is 3. The van der Waals surface area contributed by atoms with Crippen LogP contribution in [0, 0.1) is 5.41 Å². The van der Waals surface area contributed by atoms with Crippen LogP contribution in [0.4, 0.5) is 0 Å². The number of hydrogen-bond donors (Lipinski definition) is 1. The van der Waals surface area contributed by atoms with Crippen LogP contribution in [0.5, 0.6) is 0 Å². The first-order chi connectivity index (χ1) is 17.2. The van der Waals surface area contributed by atoms with Gasteiger partial charge in [-0.3, -0.25) is 4.98 Å². The number of benzene rings is 1. The number of halogens is 2. The van der Waals surface area contributed by atoms with Gasteiger partial charge in [0.1, 0.15) is 14.9 Å². The molecule has 36 heavy (non-hydrogen) atoms. The zero-order valence-corrected chi connectivity index (χ0v) is 23.8. The highest BCUT2D eigenvalue weighted by molar-refractivity contribution is 7.99. The molecule has 2 heterocycles. The van der Waals surface area contributed by atoms with Gasteiger partial charge in [0.15, 0.2) is 0 Å². The molecule has 9 heteroatoms. The fourth-order valence-corrected chi connectivity index (χ4v) is 7.53. The van der Waals surface area contributed by atoms with Crippen LogP contribution in [0.15, 0.2) is 58.8 Å². The molecule has 5 nitrogen and oxygen atoms in total. The van der Waals surface area contributed by atoms with Crippen molar-refractivity contribution in [3.63, 3.8) is 0 Å². The molecule has 2 aliphatic rings. The number of pyridine rings is 1. The lowest BCUT2D eigenvalue weighted by Crippen LogP contribution is -2.46. The van der Waals surface area contributed by atoms with Crippen molar-refractivity contribution < 1.29 is 4.55 Å². The van der Waals surface area contributed by atoms with Crippen molar-refractivity contribution in [2.45, 2.75) is 79.5 Å². The Morgan fingerprint density at radius 1 is 1.06 bits per heavy atom. The minimum Gasteiger partial charge on any atom is -0.598 e. The summed E-state index contributed by atoms with van der Waals surface area (Å²) < 4.78 is 16.3. The average Bonchev–Trinajstić information content (AvgIpc) is 3.15. The molecular formula is C27H30Cl2N4OS2. The van der Waals surface area contributed by atoms with E-state index in [0.29, 0.717) is 10.9 Å². The molecule has 0 saturated heterocycles. The Hall–Kier alpha value is -1.35. The molecule has 1 N–H and O–H groups in total. The second-order valence-corrected chi connectivity index (χ2v) is 14.5. The van der Waals surface area contributed by atoms with Crippen LogP contribution >= 0.6 is 35.0 Å². The van der Waals surface area contributed by atoms with Gasteiger partial charge in [0.25, 0.3) is 0 Å². The zero-order valence-electron chi connectivity index (χ0n) is 20.6. The number of aromatic nitrogens is 3. The highest BCUT2D eigenvalue weighted by Gasteiger charge is 2.50. The van der Waals surface area contributed by atoms with Crippen molar-refractivity contribution in [1.82, 2.24) is 19.7 Å². The Bertz CT molecular complexity index is 1230. The largest absolute Gasteiger partial charge is 0.598 e. The fourth-order valence-electron chi connectivity index (χ4n) is 5.40. The van der Waals surface area contributed by atoms with Crippen LogP contribution in [-0.2, 0) is 17.8 Å². The maximum absolute atomic E-state index is 13.1. The van der Waals surface area contributed by atoms with E-state index < -0.39 is 11.4 Å². The minimum atomic E-state index is -1.13. The number of rotatable bonds is 5. The van der Waals surface area contributed by atoms with Gasteiger partial charge in [-0.05, 0) is 75.5 Å². The molecule has 0 aliphatic heterocycles. The van der Waals surface area contributed by atoms with Crippen molar-refractivity contribution in [2.75, 3.05) is 0 Å². The minimum absolute atomic E-state index is 0.0850. The molecule has 0 bridgehead atoms. The summed E-state index contributed by atoms with van der Waals surface area (Å²) in [4.78, 5) is 14.2. The zero-order chi connectivity index (χ0) is 25.5. The molecule has 2 atom stereocenters. The Kier molecular flexibility index (Phi) is 7.61. The van der Waals surface area contributed by atoms with Crippen LogP contribution in [0.2, 0.25) is 10.2 Å². The first-order valence-electron chi connectivity index (χ1n) is 12.2. The SMILES string of the molecule is CC(C)(C)[S+]([O-])NC1c2ccccc2C[C@]12CC[C@H](c1cnc(Sc3ccnc(Cl)c3Cl)cn1)CC2. The standard InChI is InChI=1S/C27H30Cl2N4OS2/c1-26(2,3)36(34)33-24-19-7-5-4-6-18(19)14-27(24)11-8-17(9-12-27)20-15-32-22(16-31-20)35-21-10-13-30-25(29)23(21)28/h4-7,10,13,15-17,24,33H,8-9,11-12,14H2,1-3H3/t17-,24?,27+,36?. The summed E-state index contributed by atoms with van der Waals surface area (Å²) in [5, 5.41) is 1.49. The molecule has 1 spiro atoms. The van der Waals surface area contributed by atoms with E-state index in [2.05, 4.69) is 39.0 Å². The molecule has 2 unspecified atom stereocenters. The third-order valence-corrected chi connectivity index (χ3v) is 10.8. The van der Waals surface area contributed by atoms with Gasteiger partial charge in [0.05, 0.1) is 29.2 Å². The van der Waals surface area contributed by atoms with Gasteiger partial charge in [-0.25, -0.2) is 9.97 Å². The lowest BCUT2D eigenvalue weighted by molar-refractivity contribution is 0.139. The molecule has 5 rings (SSSR count). The fraction of sp³-hybridized carbons (Fsp3) is 0.444. The molecule has 1 aromatic carbocycles. The van der Waals surface area contributed by atoms with E-state index in [1.54, 1.807) is 6.20 Å². The van der Waals surface area contributed by atoms with Crippen molar-refractivity contribution in [3.8, 4) is 0 Å². The van der Waals surface area contributed by atoms with Gasteiger partial charge < -0.3 is 4.55 Å². The normalized spacial score (nSPS) is 24.6. The first-order valence-corrected chi connectivity index (χ1v) is 14.9. The topological polar surface area (TPSA) is 73.8 Å². The molecule has 2 aromatic heterocycles. The third kappa shape index (κ3) is 5.29. The number of hydrogen-bond acceptors (Lipinski definition) is 6. The van der Waals surface area contributed by atoms with Crippen LogP contribution in [0.25, 0.3) is 0 Å². The van der Waals surface area contributed by atoms with Gasteiger partial charge in [-0.15, -0.1) is 4.72 Å². The van der Waals surface area contributed by atoms with Gasteiger partial charge >= 0.3 is 0 Å². The van der Waals surface area contributed by atoms with Crippen LogP contribution < -0.4 is 4.72 Å². The monoisotopic (exact) mass is 560 g/mol. The highest BCUT2D eigenvalue weighted by atomic mass is 35.5. The van der Waals surface area contributed by atoms with Crippen LogP contribution in [0.1, 0.15) is 75.2 Å². The maximum Gasteiger partial charge on any atom is 0.148 e. The van der Waals surface area contributed by atoms with Crippen molar-refractivity contribution >= 4 is 46.3 Å². The summed E-state index contributed by atoms with van der Waals surface area (Å²) in [5.41, 5.74) is 3.81. The molecule has 2 aliphatic carbocycles. The van der Waals surface area contributed by atoms with Crippen molar-refractivity contribution in [2.24, 2.45) is 5.41 Å². The Morgan fingerprint density at radius 3 is 2.50 bits per heavy atom. The molecule has 1 saturated carbocycles. The highest BCUT2D eigenvalue weighted by Crippen LogP contribution is 2.56. The molecular weight excluding hydrogens is 531 g/mol. The van der Waals surface area contributed by atoms with E-state index in [0.717, 1.165) is 47.7 Å².